The maximum atomic E-state index is 2.38. The summed E-state index contributed by atoms with van der Waals surface area (Å²) in [7, 11) is 0. The van der Waals surface area contributed by atoms with E-state index in [1.165, 1.54) is 148 Å². The molecule has 0 N–H and O–H groups in total. The van der Waals surface area contributed by atoms with Gasteiger partial charge < -0.3 is 0 Å². The molecular formula is C80H168. The minimum Gasteiger partial charge on any atom is -0.0651 e. The van der Waals surface area contributed by atoms with Crippen LogP contribution in [0.1, 0.15) is 404 Å². The molecule has 0 amide bonds. The first-order valence-corrected chi connectivity index (χ1v) is 35.7. The van der Waals surface area contributed by atoms with Crippen molar-refractivity contribution < 1.29 is 0 Å². The summed E-state index contributed by atoms with van der Waals surface area (Å²) in [5, 5.41) is 0. The van der Waals surface area contributed by atoms with Gasteiger partial charge in [-0.2, -0.15) is 0 Å². The largest absolute Gasteiger partial charge is 0.0651 e. The Morgan fingerprint density at radius 2 is 0.688 bits per heavy atom. The van der Waals surface area contributed by atoms with E-state index in [4.69, 9.17) is 0 Å². The van der Waals surface area contributed by atoms with Gasteiger partial charge in [-0.05, 0) is 133 Å². The van der Waals surface area contributed by atoms with E-state index >= 15 is 0 Å². The highest BCUT2D eigenvalue weighted by Gasteiger charge is 2.42. The molecule has 488 valence electrons. The van der Waals surface area contributed by atoms with Gasteiger partial charge in [0, 0.05) is 0 Å². The second-order valence-corrected chi connectivity index (χ2v) is 37.7. The quantitative estimate of drug-likeness (QED) is 0.264. The van der Waals surface area contributed by atoms with Crippen molar-refractivity contribution in [2.45, 2.75) is 404 Å². The zero-order valence-electron chi connectivity index (χ0n) is 64.1. The molecule has 0 aromatic carbocycles. The molecule has 0 aliphatic heterocycles. The summed E-state index contributed by atoms with van der Waals surface area (Å²) in [5.41, 5.74) is 4.04. The highest BCUT2D eigenvalue weighted by molar-refractivity contribution is 4.91. The van der Waals surface area contributed by atoms with Crippen LogP contribution in [0.5, 0.6) is 0 Å². The van der Waals surface area contributed by atoms with E-state index in [1.54, 1.807) is 0 Å². The molecule has 0 saturated heterocycles. The van der Waals surface area contributed by atoms with Crippen LogP contribution in [0.25, 0.3) is 0 Å². The van der Waals surface area contributed by atoms with E-state index < -0.39 is 0 Å². The molecule has 5 saturated carbocycles. The summed E-state index contributed by atoms with van der Waals surface area (Å²) in [6, 6.07) is 0. The van der Waals surface area contributed by atoms with Gasteiger partial charge in [-0.3, -0.25) is 0 Å². The first-order chi connectivity index (χ1) is 35.7. The van der Waals surface area contributed by atoms with Crippen molar-refractivity contribution in [1.82, 2.24) is 0 Å². The molecule has 5 atom stereocenters. The number of hydrogen-bond acceptors (Lipinski definition) is 0. The molecule has 5 aliphatic rings. The lowest BCUT2D eigenvalue weighted by Crippen LogP contribution is -2.41. The second-order valence-electron chi connectivity index (χ2n) is 37.7. The standard InChI is InChI=1S/C11H24.2C10H22.C9H20.5C8H16/c1-9(2,3)11(7,8)10(4,5)6;1-8(9(2,3)4)10(5,6)7;1-8(2)10(6,7)9(3,4)5;1-7(2)8(3)9(4,5)6;1-7-3-5-8(2)6-4-7;1-7-4-3-5-8(2)6-7;1-8(2)6-4-3-5-7-8;1-7-5-3-4-6-8(7)2;1-2-8-6-4-3-5-7-8/h1-8H3;2*8H,1-7H3;7-8H,1-6H3;2*7-8H,3-6H2,1-2H3;3-7H2,1-2H3;7-8H,3-6H2,1-2H3;8H,2-7H2,1H3/t;;;8-;;7-,8?;;7-,8?;/m...1.1.1./s1. The van der Waals surface area contributed by atoms with E-state index in [2.05, 4.69) is 256 Å². The summed E-state index contributed by atoms with van der Waals surface area (Å²) in [4.78, 5) is 0. The Labute approximate surface area is 515 Å². The lowest BCUT2D eigenvalue weighted by atomic mass is 9.56. The molecule has 5 rings (SSSR count). The summed E-state index contributed by atoms with van der Waals surface area (Å²) in [6.45, 7) is 86.1. The Bertz CT molecular complexity index is 1330. The predicted octanol–water partition coefficient (Wildman–Crippen LogP) is 29.3. The van der Waals surface area contributed by atoms with Crippen molar-refractivity contribution in [2.24, 2.45) is 114 Å². The van der Waals surface area contributed by atoms with Crippen molar-refractivity contribution in [2.75, 3.05) is 0 Å². The number of rotatable bonds is 3. The van der Waals surface area contributed by atoms with Crippen LogP contribution in [0, 0.1) is 114 Å². The van der Waals surface area contributed by atoms with Gasteiger partial charge in [-0.25, -0.2) is 0 Å². The molecule has 5 aliphatic carbocycles. The highest BCUT2D eigenvalue weighted by Crippen LogP contribution is 2.50. The van der Waals surface area contributed by atoms with Crippen LogP contribution in [0.2, 0.25) is 0 Å². The molecule has 0 heterocycles. The van der Waals surface area contributed by atoms with E-state index in [0.29, 0.717) is 48.7 Å². The van der Waals surface area contributed by atoms with E-state index in [9.17, 15) is 0 Å². The van der Waals surface area contributed by atoms with Crippen molar-refractivity contribution in [3.05, 3.63) is 0 Å². The van der Waals surface area contributed by atoms with E-state index in [0.717, 1.165) is 65.1 Å². The molecule has 0 heteroatoms. The second kappa shape index (κ2) is 39.7. The number of hydrogen-bond donors (Lipinski definition) is 0. The maximum Gasteiger partial charge on any atom is -0.0257 e. The van der Waals surface area contributed by atoms with Gasteiger partial charge >= 0.3 is 0 Å². The lowest BCUT2D eigenvalue weighted by Gasteiger charge is -2.49. The molecule has 0 radical (unpaired) electrons. The average molecular weight is 1130 g/mol. The van der Waals surface area contributed by atoms with Gasteiger partial charge in [-0.15, -0.1) is 0 Å². The monoisotopic (exact) mass is 1130 g/mol. The molecular weight excluding hydrogens is 961 g/mol. The molecule has 0 bridgehead atoms. The predicted molar refractivity (Wildman–Crippen MR) is 376 cm³/mol. The van der Waals surface area contributed by atoms with Gasteiger partial charge in [0.15, 0.2) is 0 Å². The average Bonchev–Trinajstić information content (AvgIpc) is 3.30. The zero-order chi connectivity index (χ0) is 64.1. The Balaban J connectivity index is -0.000000407. The van der Waals surface area contributed by atoms with Crippen molar-refractivity contribution in [1.29, 1.82) is 0 Å². The van der Waals surface area contributed by atoms with Crippen LogP contribution in [-0.4, -0.2) is 0 Å². The van der Waals surface area contributed by atoms with Crippen LogP contribution in [0.15, 0.2) is 0 Å². The van der Waals surface area contributed by atoms with Crippen molar-refractivity contribution in [3.8, 4) is 0 Å². The third-order valence-corrected chi connectivity index (χ3v) is 23.6. The molecule has 0 spiro atoms. The normalized spacial score (nSPS) is 24.6. The molecule has 5 fully saturated rings. The Kier molecular flexibility index (Phi) is 42.9. The minimum atomic E-state index is 0.375. The van der Waals surface area contributed by atoms with Crippen LogP contribution in [0.4, 0.5) is 0 Å². The molecule has 80 heavy (non-hydrogen) atoms. The summed E-state index contributed by atoms with van der Waals surface area (Å²) < 4.78 is 0. The van der Waals surface area contributed by atoms with Gasteiger partial charge in [0.2, 0.25) is 0 Å². The summed E-state index contributed by atoms with van der Waals surface area (Å²) >= 11 is 0. The highest BCUT2D eigenvalue weighted by atomic mass is 14.5. The molecule has 0 aromatic rings. The first-order valence-electron chi connectivity index (χ1n) is 35.7. The van der Waals surface area contributed by atoms with Gasteiger partial charge in [-0.1, -0.05) is 385 Å². The Morgan fingerprint density at radius 3 is 0.825 bits per heavy atom. The third kappa shape index (κ3) is 41.2. The first kappa shape index (κ1) is 86.4. The van der Waals surface area contributed by atoms with Crippen LogP contribution < -0.4 is 0 Å². The van der Waals surface area contributed by atoms with Crippen LogP contribution in [0.3, 0.4) is 0 Å². The van der Waals surface area contributed by atoms with E-state index in [1.807, 2.05) is 0 Å². The van der Waals surface area contributed by atoms with Crippen LogP contribution in [-0.2, 0) is 0 Å². The van der Waals surface area contributed by atoms with Crippen molar-refractivity contribution >= 4 is 0 Å². The summed E-state index contributed by atoms with van der Waals surface area (Å²) in [5.74, 6) is 10.3. The fraction of sp³-hybridized carbons (Fsp3) is 1.00. The maximum absolute atomic E-state index is 2.38. The molecule has 2 unspecified atom stereocenters. The smallest absolute Gasteiger partial charge is 0.0257 e. The fourth-order valence-electron chi connectivity index (χ4n) is 12.1. The summed E-state index contributed by atoms with van der Waals surface area (Å²) in [6.07, 6.45) is 33.9. The lowest BCUT2D eigenvalue weighted by molar-refractivity contribution is 0.00575. The van der Waals surface area contributed by atoms with E-state index in [-0.39, 0.29) is 0 Å². The Morgan fingerprint density at radius 1 is 0.362 bits per heavy atom. The van der Waals surface area contributed by atoms with Crippen LogP contribution >= 0.6 is 0 Å². The Hall–Kier alpha value is 0. The molecule has 0 aromatic heterocycles. The zero-order valence-corrected chi connectivity index (χ0v) is 64.1. The fourth-order valence-corrected chi connectivity index (χ4v) is 12.1. The SMILES string of the molecule is CC(C(C)(C)C)C(C)(C)C.CC(C)(C)C(C)(C)C(C)(C)C.CC(C)C(C)(C)C(C)(C)C.CC(C)[C@@H](C)C(C)(C)C.CC1(C)CCCCC1.CC1CCC(C)CC1.CC1CCCC[C@H]1C.CC1CCC[C@@H](C)C1.CCC1CCCCC1. The van der Waals surface area contributed by atoms with Gasteiger partial charge in [0.25, 0.3) is 0 Å². The topological polar surface area (TPSA) is 0 Å². The van der Waals surface area contributed by atoms with Gasteiger partial charge in [0.05, 0.1) is 0 Å². The van der Waals surface area contributed by atoms with Crippen molar-refractivity contribution in [3.63, 3.8) is 0 Å². The molecule has 0 nitrogen and oxygen atoms in total. The third-order valence-electron chi connectivity index (χ3n) is 23.6. The van der Waals surface area contributed by atoms with Gasteiger partial charge in [0.1, 0.15) is 0 Å². The minimum absolute atomic E-state index is 0.375.